The standard InChI is InChI=1S/C13H14N2O3/c1-8-12(16)11(14-15(8)2)9-4-3-5-10-13(9)18-7-6-17-10/h3-5,16H,6-7H2,1-2H3. The van der Waals surface area contributed by atoms with Crippen LogP contribution in [0.3, 0.4) is 0 Å². The lowest BCUT2D eigenvalue weighted by molar-refractivity contribution is 0.172. The van der Waals surface area contributed by atoms with Crippen molar-refractivity contribution in [2.24, 2.45) is 7.05 Å². The van der Waals surface area contributed by atoms with Gasteiger partial charge in [0.05, 0.1) is 11.3 Å². The summed E-state index contributed by atoms with van der Waals surface area (Å²) in [5.74, 6) is 1.53. The maximum atomic E-state index is 10.1. The maximum Gasteiger partial charge on any atom is 0.170 e. The minimum Gasteiger partial charge on any atom is -0.504 e. The minimum absolute atomic E-state index is 0.181. The molecule has 0 aliphatic carbocycles. The van der Waals surface area contributed by atoms with Crippen LogP contribution in [0.4, 0.5) is 0 Å². The Kier molecular flexibility index (Phi) is 2.40. The SMILES string of the molecule is Cc1c(O)c(-c2cccc3c2OCCO3)nn1C. The van der Waals surface area contributed by atoms with Crippen LogP contribution in [0.25, 0.3) is 11.3 Å². The van der Waals surface area contributed by atoms with E-state index in [0.717, 1.165) is 11.3 Å². The van der Waals surface area contributed by atoms with Gasteiger partial charge in [0, 0.05) is 7.05 Å². The molecule has 0 saturated carbocycles. The highest BCUT2D eigenvalue weighted by Gasteiger charge is 2.22. The molecule has 94 valence electrons. The molecule has 0 saturated heterocycles. The molecule has 18 heavy (non-hydrogen) atoms. The largest absolute Gasteiger partial charge is 0.504 e. The van der Waals surface area contributed by atoms with Crippen LogP contribution in [-0.2, 0) is 7.05 Å². The van der Waals surface area contributed by atoms with Crippen LogP contribution >= 0.6 is 0 Å². The molecular formula is C13H14N2O3. The van der Waals surface area contributed by atoms with Crippen molar-refractivity contribution in [3.63, 3.8) is 0 Å². The third-order valence-electron chi connectivity index (χ3n) is 3.12. The van der Waals surface area contributed by atoms with Crippen molar-refractivity contribution in [1.29, 1.82) is 0 Å². The van der Waals surface area contributed by atoms with E-state index in [1.807, 2.05) is 25.1 Å². The van der Waals surface area contributed by atoms with Crippen LogP contribution in [0.2, 0.25) is 0 Å². The third-order valence-corrected chi connectivity index (χ3v) is 3.12. The maximum absolute atomic E-state index is 10.1. The lowest BCUT2D eigenvalue weighted by Crippen LogP contribution is -2.15. The smallest absolute Gasteiger partial charge is 0.170 e. The molecule has 2 heterocycles. The molecule has 5 nitrogen and oxygen atoms in total. The number of hydrogen-bond donors (Lipinski definition) is 1. The topological polar surface area (TPSA) is 56.5 Å². The predicted octanol–water partition coefficient (Wildman–Crippen LogP) is 1.87. The first-order chi connectivity index (χ1) is 8.68. The van der Waals surface area contributed by atoms with Gasteiger partial charge in [-0.15, -0.1) is 0 Å². The van der Waals surface area contributed by atoms with Crippen molar-refractivity contribution < 1.29 is 14.6 Å². The fourth-order valence-corrected chi connectivity index (χ4v) is 2.04. The summed E-state index contributed by atoms with van der Waals surface area (Å²) in [6.07, 6.45) is 0. The number of ether oxygens (including phenoxy) is 2. The van der Waals surface area contributed by atoms with Crippen LogP contribution in [0, 0.1) is 6.92 Å². The number of aromatic hydroxyl groups is 1. The van der Waals surface area contributed by atoms with Gasteiger partial charge in [-0.05, 0) is 19.1 Å². The summed E-state index contributed by atoms with van der Waals surface area (Å²) in [5, 5.41) is 14.4. The van der Waals surface area contributed by atoms with E-state index in [1.165, 1.54) is 0 Å². The van der Waals surface area contributed by atoms with Crippen molar-refractivity contribution in [2.45, 2.75) is 6.92 Å². The average molecular weight is 246 g/mol. The third kappa shape index (κ3) is 1.51. The first-order valence-electron chi connectivity index (χ1n) is 5.80. The number of para-hydroxylation sites is 1. The highest BCUT2D eigenvalue weighted by Crippen LogP contribution is 2.42. The van der Waals surface area contributed by atoms with E-state index >= 15 is 0 Å². The fourth-order valence-electron chi connectivity index (χ4n) is 2.04. The molecule has 0 atom stereocenters. The molecule has 1 aromatic heterocycles. The molecule has 2 aromatic rings. The first kappa shape index (κ1) is 11.0. The van der Waals surface area contributed by atoms with Crippen molar-refractivity contribution in [3.05, 3.63) is 23.9 Å². The number of rotatable bonds is 1. The zero-order valence-electron chi connectivity index (χ0n) is 10.3. The summed E-state index contributed by atoms with van der Waals surface area (Å²) in [6, 6.07) is 5.59. The highest BCUT2D eigenvalue weighted by atomic mass is 16.6. The molecule has 5 heteroatoms. The lowest BCUT2D eigenvalue weighted by Gasteiger charge is -2.20. The zero-order chi connectivity index (χ0) is 12.7. The Hall–Kier alpha value is -2.17. The molecule has 3 rings (SSSR count). The van der Waals surface area contributed by atoms with Gasteiger partial charge in [0.1, 0.15) is 18.9 Å². The molecule has 0 unspecified atom stereocenters. The molecule has 1 aliphatic rings. The molecular weight excluding hydrogens is 232 g/mol. The summed E-state index contributed by atoms with van der Waals surface area (Å²) in [4.78, 5) is 0. The molecule has 0 amide bonds. The quantitative estimate of drug-likeness (QED) is 0.834. The molecule has 0 bridgehead atoms. The van der Waals surface area contributed by atoms with E-state index in [-0.39, 0.29) is 5.75 Å². The number of fused-ring (bicyclic) bond motifs is 1. The van der Waals surface area contributed by atoms with Crippen molar-refractivity contribution >= 4 is 0 Å². The molecule has 0 radical (unpaired) electrons. The molecule has 1 aliphatic heterocycles. The van der Waals surface area contributed by atoms with Crippen molar-refractivity contribution in [1.82, 2.24) is 9.78 Å². The van der Waals surface area contributed by atoms with Crippen molar-refractivity contribution in [3.8, 4) is 28.5 Å². The van der Waals surface area contributed by atoms with E-state index in [2.05, 4.69) is 5.10 Å². The number of nitrogens with zero attached hydrogens (tertiary/aromatic N) is 2. The molecule has 0 spiro atoms. The molecule has 1 aromatic carbocycles. The Labute approximate surface area is 105 Å². The van der Waals surface area contributed by atoms with Gasteiger partial charge in [0.2, 0.25) is 0 Å². The normalized spacial score (nSPS) is 13.7. The molecule has 1 N–H and O–H groups in total. The van der Waals surface area contributed by atoms with Gasteiger partial charge in [-0.1, -0.05) is 6.07 Å². The monoisotopic (exact) mass is 246 g/mol. The van der Waals surface area contributed by atoms with Gasteiger partial charge in [-0.2, -0.15) is 5.10 Å². The minimum atomic E-state index is 0.181. The molecule has 0 fully saturated rings. The van der Waals surface area contributed by atoms with Crippen molar-refractivity contribution in [2.75, 3.05) is 13.2 Å². The summed E-state index contributed by atoms with van der Waals surface area (Å²) in [6.45, 7) is 2.87. The Morgan fingerprint density at radius 1 is 1.28 bits per heavy atom. The number of benzene rings is 1. The zero-order valence-corrected chi connectivity index (χ0v) is 10.3. The summed E-state index contributed by atoms with van der Waals surface area (Å²) in [5.41, 5.74) is 2.00. The van der Waals surface area contributed by atoms with E-state index in [9.17, 15) is 5.11 Å². The van der Waals surface area contributed by atoms with Gasteiger partial charge in [-0.3, -0.25) is 4.68 Å². The Bertz CT molecular complexity index is 605. The van der Waals surface area contributed by atoms with Crippen LogP contribution in [0.1, 0.15) is 5.69 Å². The second-order valence-electron chi connectivity index (χ2n) is 4.24. The van der Waals surface area contributed by atoms with Crippen LogP contribution in [-0.4, -0.2) is 28.1 Å². The van der Waals surface area contributed by atoms with Crippen LogP contribution in [0.5, 0.6) is 17.2 Å². The fraction of sp³-hybridized carbons (Fsp3) is 0.308. The summed E-state index contributed by atoms with van der Waals surface area (Å²) in [7, 11) is 1.80. The van der Waals surface area contributed by atoms with E-state index in [0.29, 0.717) is 30.4 Å². The van der Waals surface area contributed by atoms with Gasteiger partial charge in [-0.25, -0.2) is 0 Å². The second kappa shape index (κ2) is 3.94. The second-order valence-corrected chi connectivity index (χ2v) is 4.24. The van der Waals surface area contributed by atoms with Crippen LogP contribution < -0.4 is 9.47 Å². The average Bonchev–Trinajstić information content (AvgIpc) is 2.66. The van der Waals surface area contributed by atoms with Gasteiger partial charge >= 0.3 is 0 Å². The lowest BCUT2D eigenvalue weighted by atomic mass is 10.1. The van der Waals surface area contributed by atoms with Gasteiger partial charge < -0.3 is 14.6 Å². The van der Waals surface area contributed by atoms with Gasteiger partial charge in [0.15, 0.2) is 17.2 Å². The Morgan fingerprint density at radius 2 is 2.06 bits per heavy atom. The van der Waals surface area contributed by atoms with Crippen LogP contribution in [0.15, 0.2) is 18.2 Å². The number of hydrogen-bond acceptors (Lipinski definition) is 4. The van der Waals surface area contributed by atoms with E-state index in [1.54, 1.807) is 11.7 Å². The van der Waals surface area contributed by atoms with Gasteiger partial charge in [0.25, 0.3) is 0 Å². The predicted molar refractivity (Wildman–Crippen MR) is 66.0 cm³/mol. The highest BCUT2D eigenvalue weighted by molar-refractivity contribution is 5.76. The Balaban J connectivity index is 2.20. The van der Waals surface area contributed by atoms with E-state index < -0.39 is 0 Å². The summed E-state index contributed by atoms with van der Waals surface area (Å²) >= 11 is 0. The Morgan fingerprint density at radius 3 is 2.78 bits per heavy atom. The van der Waals surface area contributed by atoms with E-state index in [4.69, 9.17) is 9.47 Å². The first-order valence-corrected chi connectivity index (χ1v) is 5.80. The number of aryl methyl sites for hydroxylation is 1. The summed E-state index contributed by atoms with van der Waals surface area (Å²) < 4.78 is 12.8. The number of aromatic nitrogens is 2.